The van der Waals surface area contributed by atoms with Crippen LogP contribution in [-0.2, 0) is 23.9 Å². The maximum atomic E-state index is 12.2. The highest BCUT2D eigenvalue weighted by Crippen LogP contribution is 2.24. The van der Waals surface area contributed by atoms with Gasteiger partial charge in [-0.05, 0) is 32.9 Å². The zero-order chi connectivity index (χ0) is 16.0. The molecule has 0 radical (unpaired) electrons. The second-order valence-corrected chi connectivity index (χ2v) is 5.45. The Bertz CT molecular complexity index is 490. The molecular formula is C15H21NO5. The van der Waals surface area contributed by atoms with E-state index in [-0.39, 0.29) is 0 Å². The lowest BCUT2D eigenvalue weighted by atomic mass is 10.1. The van der Waals surface area contributed by atoms with E-state index in [1.165, 1.54) is 14.0 Å². The first-order valence-electron chi connectivity index (χ1n) is 6.52. The van der Waals surface area contributed by atoms with Gasteiger partial charge < -0.3 is 9.47 Å². The van der Waals surface area contributed by atoms with Gasteiger partial charge in [0.05, 0.1) is 12.8 Å². The third-order valence-electron chi connectivity index (χ3n) is 2.34. The molecule has 1 atom stereocenters. The number of carbonyl (C=O) groups excluding carboxylic acids is 2. The Kier molecular flexibility index (Phi) is 5.72. The van der Waals surface area contributed by atoms with Gasteiger partial charge in [-0.25, -0.2) is 4.79 Å². The summed E-state index contributed by atoms with van der Waals surface area (Å²) in [6.45, 7) is 6.50. The Balaban J connectivity index is 2.96. The number of esters is 2. The molecule has 0 fully saturated rings. The van der Waals surface area contributed by atoms with Crippen LogP contribution < -0.4 is 5.48 Å². The number of rotatable bonds is 5. The minimum Gasteiger partial charge on any atom is -0.457 e. The van der Waals surface area contributed by atoms with Gasteiger partial charge in [0, 0.05) is 12.5 Å². The van der Waals surface area contributed by atoms with Crippen molar-refractivity contribution < 1.29 is 23.9 Å². The van der Waals surface area contributed by atoms with Crippen molar-refractivity contribution in [1.29, 1.82) is 0 Å². The summed E-state index contributed by atoms with van der Waals surface area (Å²) < 4.78 is 10.4. The lowest BCUT2D eigenvalue weighted by Gasteiger charge is -2.24. The fourth-order valence-corrected chi connectivity index (χ4v) is 1.62. The van der Waals surface area contributed by atoms with E-state index in [9.17, 15) is 9.59 Å². The molecule has 0 saturated carbocycles. The quantitative estimate of drug-likeness (QED) is 0.665. The highest BCUT2D eigenvalue weighted by molar-refractivity contribution is 5.80. The molecule has 1 aromatic carbocycles. The van der Waals surface area contributed by atoms with Crippen LogP contribution in [0.5, 0.6) is 0 Å². The van der Waals surface area contributed by atoms with Gasteiger partial charge in [0.25, 0.3) is 0 Å². The van der Waals surface area contributed by atoms with Crippen LogP contribution in [0.25, 0.3) is 0 Å². The Morgan fingerprint density at radius 1 is 1.14 bits per heavy atom. The normalized spacial score (nSPS) is 12.4. The van der Waals surface area contributed by atoms with Crippen molar-refractivity contribution in [2.75, 3.05) is 12.6 Å². The molecule has 21 heavy (non-hydrogen) atoms. The Morgan fingerprint density at radius 3 is 2.14 bits per heavy atom. The summed E-state index contributed by atoms with van der Waals surface area (Å²) in [6.07, 6.45) is -1.08. The largest absolute Gasteiger partial charge is 0.457 e. The van der Waals surface area contributed by atoms with Crippen molar-refractivity contribution in [3.8, 4) is 0 Å². The number of benzene rings is 1. The molecular weight excluding hydrogens is 274 g/mol. The topological polar surface area (TPSA) is 73.9 Å². The molecule has 0 aliphatic carbocycles. The van der Waals surface area contributed by atoms with Gasteiger partial charge >= 0.3 is 11.9 Å². The molecule has 6 heteroatoms. The summed E-state index contributed by atoms with van der Waals surface area (Å²) >= 11 is 0. The van der Waals surface area contributed by atoms with Gasteiger partial charge in [-0.1, -0.05) is 12.1 Å². The van der Waals surface area contributed by atoms with Crippen LogP contribution in [0.15, 0.2) is 24.3 Å². The highest BCUT2D eigenvalue weighted by Gasteiger charge is 2.29. The molecule has 0 saturated heterocycles. The van der Waals surface area contributed by atoms with Crippen LogP contribution >= 0.6 is 0 Å². The van der Waals surface area contributed by atoms with Crippen molar-refractivity contribution in [3.63, 3.8) is 0 Å². The van der Waals surface area contributed by atoms with Gasteiger partial charge in [-0.2, -0.15) is 0 Å². The van der Waals surface area contributed by atoms with Crippen molar-refractivity contribution in [2.45, 2.75) is 39.4 Å². The standard InChI is InChI=1S/C15H21NO5/c1-10(17)20-13(14(18)21-15(2,3)4)11-6-8-12(9-7-11)16-19-5/h6-9,13,16H,1-5H3. The number of hydrogen-bond acceptors (Lipinski definition) is 6. The molecule has 1 unspecified atom stereocenters. The average molecular weight is 295 g/mol. The van der Waals surface area contributed by atoms with Crippen LogP contribution in [0.4, 0.5) is 5.69 Å². The molecule has 1 rings (SSSR count). The summed E-state index contributed by atoms with van der Waals surface area (Å²) in [4.78, 5) is 28.1. The fourth-order valence-electron chi connectivity index (χ4n) is 1.62. The van der Waals surface area contributed by atoms with E-state index in [1.54, 1.807) is 45.0 Å². The van der Waals surface area contributed by atoms with Gasteiger partial charge in [-0.3, -0.25) is 15.1 Å². The minimum atomic E-state index is -1.08. The smallest absolute Gasteiger partial charge is 0.352 e. The third kappa shape index (κ3) is 5.83. The molecule has 0 bridgehead atoms. The number of hydrogen-bond donors (Lipinski definition) is 1. The molecule has 0 aromatic heterocycles. The molecule has 116 valence electrons. The third-order valence-corrected chi connectivity index (χ3v) is 2.34. The predicted octanol–water partition coefficient (Wildman–Crippen LogP) is 2.61. The highest BCUT2D eigenvalue weighted by atomic mass is 16.6. The van der Waals surface area contributed by atoms with Crippen molar-refractivity contribution >= 4 is 17.6 Å². The number of carbonyl (C=O) groups is 2. The van der Waals surface area contributed by atoms with E-state index in [4.69, 9.17) is 14.3 Å². The lowest BCUT2D eigenvalue weighted by molar-refractivity contribution is -0.175. The van der Waals surface area contributed by atoms with Crippen LogP contribution in [0.1, 0.15) is 39.4 Å². The first-order valence-corrected chi connectivity index (χ1v) is 6.52. The maximum Gasteiger partial charge on any atom is 0.352 e. The van der Waals surface area contributed by atoms with E-state index < -0.39 is 23.6 Å². The molecule has 0 spiro atoms. The van der Waals surface area contributed by atoms with Gasteiger partial charge in [0.2, 0.25) is 6.10 Å². The Morgan fingerprint density at radius 2 is 1.71 bits per heavy atom. The fraction of sp³-hybridized carbons (Fsp3) is 0.467. The lowest BCUT2D eigenvalue weighted by Crippen LogP contribution is -2.29. The zero-order valence-electron chi connectivity index (χ0n) is 12.9. The molecule has 0 aliphatic heterocycles. The molecule has 0 amide bonds. The summed E-state index contributed by atoms with van der Waals surface area (Å²) in [5.41, 5.74) is 3.24. The van der Waals surface area contributed by atoms with E-state index >= 15 is 0 Å². The van der Waals surface area contributed by atoms with Crippen molar-refractivity contribution in [2.24, 2.45) is 0 Å². The molecule has 1 N–H and O–H groups in total. The summed E-state index contributed by atoms with van der Waals surface area (Å²) in [7, 11) is 1.50. The minimum absolute atomic E-state index is 0.529. The maximum absolute atomic E-state index is 12.2. The second kappa shape index (κ2) is 7.08. The summed E-state index contributed by atoms with van der Waals surface area (Å²) in [5.74, 6) is -1.16. The average Bonchev–Trinajstić information content (AvgIpc) is 2.35. The Labute approximate surface area is 124 Å². The molecule has 1 aromatic rings. The van der Waals surface area contributed by atoms with Crippen LogP contribution in [0.2, 0.25) is 0 Å². The van der Waals surface area contributed by atoms with E-state index in [0.717, 1.165) is 0 Å². The number of nitrogens with one attached hydrogen (secondary N) is 1. The molecule has 6 nitrogen and oxygen atoms in total. The van der Waals surface area contributed by atoms with Crippen LogP contribution in [0.3, 0.4) is 0 Å². The van der Waals surface area contributed by atoms with Crippen LogP contribution in [0, 0.1) is 0 Å². The predicted molar refractivity (Wildman–Crippen MR) is 77.4 cm³/mol. The van der Waals surface area contributed by atoms with E-state index in [1.807, 2.05) is 0 Å². The first kappa shape index (κ1) is 17.0. The Hall–Kier alpha value is -2.08. The second-order valence-electron chi connectivity index (χ2n) is 5.45. The van der Waals surface area contributed by atoms with Gasteiger partial charge in [-0.15, -0.1) is 0 Å². The van der Waals surface area contributed by atoms with Crippen molar-refractivity contribution in [3.05, 3.63) is 29.8 Å². The monoisotopic (exact) mass is 295 g/mol. The van der Waals surface area contributed by atoms with Gasteiger partial charge in [0.1, 0.15) is 5.60 Å². The SMILES string of the molecule is CONc1ccc(C(OC(C)=O)C(=O)OC(C)(C)C)cc1. The first-order chi connectivity index (χ1) is 9.73. The molecule has 0 aliphatic rings. The van der Waals surface area contributed by atoms with E-state index in [0.29, 0.717) is 11.3 Å². The van der Waals surface area contributed by atoms with Gasteiger partial charge in [0.15, 0.2) is 0 Å². The number of ether oxygens (including phenoxy) is 2. The van der Waals surface area contributed by atoms with Crippen molar-refractivity contribution in [1.82, 2.24) is 0 Å². The van der Waals surface area contributed by atoms with Crippen LogP contribution in [-0.4, -0.2) is 24.6 Å². The zero-order valence-corrected chi connectivity index (χ0v) is 12.9. The summed E-state index contributed by atoms with van der Waals surface area (Å²) in [6, 6.07) is 6.75. The summed E-state index contributed by atoms with van der Waals surface area (Å²) in [5, 5.41) is 0. The van der Waals surface area contributed by atoms with E-state index in [2.05, 4.69) is 5.48 Å². The number of anilines is 1. The molecule has 0 heterocycles.